The minimum absolute atomic E-state index is 0.241. The second-order valence-corrected chi connectivity index (χ2v) is 10.3. The minimum Gasteiger partial charge on any atom is -0.475 e. The fourth-order valence-electron chi connectivity index (χ4n) is 4.65. The Balaban J connectivity index is 0.000000421. The van der Waals surface area contributed by atoms with E-state index in [4.69, 9.17) is 37.1 Å². The number of nitrogens with two attached hydrogens (primary N) is 1. The number of aromatic nitrogens is 1. The number of alkyl halides is 6. The molecule has 1 aliphatic heterocycles. The molecule has 1 aromatic carbocycles. The SMILES string of the molecule is NCc1ccc(Cl)cc1CNC(=O)[C@@H]1CCCN1C(=O)C1(O)CCCc2cccnc21.O=C(O)C(F)(F)F.O=C(O)C(F)(F)F. The van der Waals surface area contributed by atoms with Crippen molar-refractivity contribution in [2.75, 3.05) is 6.54 Å². The number of aliphatic hydroxyl groups is 1. The summed E-state index contributed by atoms with van der Waals surface area (Å²) in [5.74, 6) is -6.19. The van der Waals surface area contributed by atoms with Gasteiger partial charge < -0.3 is 31.3 Å². The Bertz CT molecular complexity index is 1370. The summed E-state index contributed by atoms with van der Waals surface area (Å²) >= 11 is 6.08. The van der Waals surface area contributed by atoms with Crippen molar-refractivity contribution in [1.82, 2.24) is 15.2 Å². The van der Waals surface area contributed by atoms with E-state index in [-0.39, 0.29) is 12.5 Å². The first-order chi connectivity index (χ1) is 20.8. The fourth-order valence-corrected chi connectivity index (χ4v) is 4.85. The van der Waals surface area contributed by atoms with Crippen LogP contribution in [0.1, 0.15) is 48.1 Å². The highest BCUT2D eigenvalue weighted by atomic mass is 35.5. The minimum atomic E-state index is -5.08. The van der Waals surface area contributed by atoms with Gasteiger partial charge in [0.15, 0.2) is 5.60 Å². The number of likely N-dealkylation sites (tertiary alicyclic amines) is 1. The number of fused-ring (bicyclic) bond motifs is 1. The Hall–Kier alpha value is -3.96. The topological polar surface area (TPSA) is 183 Å². The van der Waals surface area contributed by atoms with Gasteiger partial charge in [0, 0.05) is 30.9 Å². The van der Waals surface area contributed by atoms with Gasteiger partial charge in [-0.25, -0.2) is 9.59 Å². The highest BCUT2D eigenvalue weighted by Gasteiger charge is 2.48. The third kappa shape index (κ3) is 10.0. The molecular weight excluding hydrogens is 642 g/mol. The maximum Gasteiger partial charge on any atom is 0.490 e. The Morgan fingerprint density at radius 1 is 1.02 bits per heavy atom. The van der Waals surface area contributed by atoms with Gasteiger partial charge in [0.2, 0.25) is 5.91 Å². The normalized spacial score (nSPS) is 19.2. The van der Waals surface area contributed by atoms with Crippen molar-refractivity contribution in [1.29, 1.82) is 0 Å². The van der Waals surface area contributed by atoms with Crippen molar-refractivity contribution in [3.63, 3.8) is 0 Å². The molecule has 1 saturated heterocycles. The molecular formula is C27H29ClF6N4O7. The number of aliphatic carboxylic acids is 2. The van der Waals surface area contributed by atoms with Crippen LogP contribution in [0.3, 0.4) is 0 Å². The average molecular weight is 671 g/mol. The number of carboxylic acids is 2. The zero-order chi connectivity index (χ0) is 34.2. The van der Waals surface area contributed by atoms with Crippen molar-refractivity contribution in [3.8, 4) is 0 Å². The molecule has 0 radical (unpaired) electrons. The molecule has 2 amide bonds. The van der Waals surface area contributed by atoms with Gasteiger partial charge in [0.1, 0.15) is 6.04 Å². The number of hydrogen-bond acceptors (Lipinski definition) is 7. The van der Waals surface area contributed by atoms with Gasteiger partial charge in [0.05, 0.1) is 5.69 Å². The van der Waals surface area contributed by atoms with Crippen molar-refractivity contribution in [2.24, 2.45) is 5.73 Å². The Morgan fingerprint density at radius 2 is 1.62 bits per heavy atom. The molecule has 6 N–H and O–H groups in total. The van der Waals surface area contributed by atoms with E-state index in [1.165, 1.54) is 4.90 Å². The number of carboxylic acid groups (broad SMARTS) is 2. The zero-order valence-corrected chi connectivity index (χ0v) is 24.0. The summed E-state index contributed by atoms with van der Waals surface area (Å²) in [5.41, 5.74) is 7.17. The lowest BCUT2D eigenvalue weighted by Crippen LogP contribution is -2.54. The van der Waals surface area contributed by atoms with Crippen LogP contribution in [0.4, 0.5) is 26.3 Å². The van der Waals surface area contributed by atoms with Crippen LogP contribution in [-0.2, 0) is 44.3 Å². The van der Waals surface area contributed by atoms with E-state index in [1.807, 2.05) is 18.2 Å². The molecule has 1 fully saturated rings. The van der Waals surface area contributed by atoms with Crippen molar-refractivity contribution in [3.05, 3.63) is 63.9 Å². The van der Waals surface area contributed by atoms with Gasteiger partial charge in [-0.15, -0.1) is 0 Å². The standard InChI is InChI=1S/C23H27ClN4O3.2C2HF3O2/c24-18-8-7-16(13-25)17(12-18)14-27-21(29)19-6-3-11-28(19)22(30)23(31)9-1-4-15-5-2-10-26-20(15)23;2*3-2(4,5)1(6)7/h2,5,7-8,10,12,19,31H,1,3-4,6,9,11,13-14,25H2,(H,27,29);2*(H,6,7)/t19-,23?;;/m0../s1. The monoisotopic (exact) mass is 670 g/mol. The number of rotatable bonds is 5. The maximum atomic E-state index is 13.4. The van der Waals surface area contributed by atoms with Crippen LogP contribution in [0.25, 0.3) is 0 Å². The van der Waals surface area contributed by atoms with Crippen LogP contribution in [0.15, 0.2) is 36.5 Å². The molecule has 248 valence electrons. The highest BCUT2D eigenvalue weighted by Crippen LogP contribution is 2.37. The van der Waals surface area contributed by atoms with Gasteiger partial charge in [-0.05, 0) is 67.0 Å². The van der Waals surface area contributed by atoms with E-state index in [9.17, 15) is 41.0 Å². The molecule has 18 heteroatoms. The molecule has 2 aromatic rings. The van der Waals surface area contributed by atoms with E-state index in [0.29, 0.717) is 49.5 Å². The molecule has 4 rings (SSSR count). The van der Waals surface area contributed by atoms with Crippen LogP contribution < -0.4 is 11.1 Å². The molecule has 0 saturated carbocycles. The van der Waals surface area contributed by atoms with Crippen molar-refractivity contribution >= 4 is 35.4 Å². The van der Waals surface area contributed by atoms with Crippen LogP contribution in [0.2, 0.25) is 5.02 Å². The zero-order valence-electron chi connectivity index (χ0n) is 23.3. The van der Waals surface area contributed by atoms with Gasteiger partial charge in [-0.3, -0.25) is 14.6 Å². The van der Waals surface area contributed by atoms with E-state index in [2.05, 4.69) is 10.3 Å². The fraction of sp³-hybridized carbons (Fsp3) is 0.444. The maximum absolute atomic E-state index is 13.4. The first-order valence-corrected chi connectivity index (χ1v) is 13.5. The average Bonchev–Trinajstić information content (AvgIpc) is 3.45. The third-order valence-corrected chi connectivity index (χ3v) is 7.00. The summed E-state index contributed by atoms with van der Waals surface area (Å²) in [7, 11) is 0. The number of aryl methyl sites for hydroxylation is 1. The number of carbonyl (C=O) groups excluding carboxylic acids is 2. The lowest BCUT2D eigenvalue weighted by atomic mass is 9.81. The van der Waals surface area contributed by atoms with Gasteiger partial charge in [-0.2, -0.15) is 26.3 Å². The van der Waals surface area contributed by atoms with Crippen molar-refractivity contribution in [2.45, 2.75) is 69.2 Å². The first-order valence-electron chi connectivity index (χ1n) is 13.2. The predicted octanol–water partition coefficient (Wildman–Crippen LogP) is 3.29. The lowest BCUT2D eigenvalue weighted by molar-refractivity contribution is -0.193. The lowest BCUT2D eigenvalue weighted by Gasteiger charge is -2.36. The smallest absolute Gasteiger partial charge is 0.475 e. The van der Waals surface area contributed by atoms with Gasteiger partial charge in [0.25, 0.3) is 5.91 Å². The number of carbonyl (C=O) groups is 4. The molecule has 45 heavy (non-hydrogen) atoms. The number of benzene rings is 1. The quantitative estimate of drug-likeness (QED) is 0.298. The van der Waals surface area contributed by atoms with Crippen LogP contribution in [0.5, 0.6) is 0 Å². The van der Waals surface area contributed by atoms with E-state index in [0.717, 1.165) is 23.1 Å². The van der Waals surface area contributed by atoms with E-state index < -0.39 is 41.8 Å². The summed E-state index contributed by atoms with van der Waals surface area (Å²) in [5, 5.41) is 29.1. The molecule has 1 aliphatic carbocycles. The van der Waals surface area contributed by atoms with E-state index in [1.54, 1.807) is 18.3 Å². The van der Waals surface area contributed by atoms with Gasteiger partial charge in [-0.1, -0.05) is 23.7 Å². The molecule has 1 aromatic heterocycles. The van der Waals surface area contributed by atoms with Crippen molar-refractivity contribution < 1.29 is 60.8 Å². The van der Waals surface area contributed by atoms with Crippen LogP contribution in [-0.4, -0.2) is 73.9 Å². The van der Waals surface area contributed by atoms with Gasteiger partial charge >= 0.3 is 24.3 Å². The molecule has 2 heterocycles. The number of halogens is 7. The van der Waals surface area contributed by atoms with Crippen LogP contribution >= 0.6 is 11.6 Å². The summed E-state index contributed by atoms with van der Waals surface area (Å²) in [6.45, 7) is 1.06. The number of nitrogens with zero attached hydrogens (tertiary/aromatic N) is 2. The van der Waals surface area contributed by atoms with E-state index >= 15 is 0 Å². The highest BCUT2D eigenvalue weighted by molar-refractivity contribution is 6.30. The summed E-state index contributed by atoms with van der Waals surface area (Å²) in [6, 6.07) is 8.49. The van der Waals surface area contributed by atoms with Crippen LogP contribution in [0, 0.1) is 0 Å². The molecule has 0 spiro atoms. The Labute approximate surface area is 257 Å². The second-order valence-electron chi connectivity index (χ2n) is 9.82. The Morgan fingerprint density at radius 3 is 2.18 bits per heavy atom. The first kappa shape index (κ1) is 37.2. The number of nitrogens with one attached hydrogen (secondary N) is 1. The molecule has 11 nitrogen and oxygen atoms in total. The number of amides is 2. The Kier molecular flexibility index (Phi) is 12.7. The number of hydrogen-bond donors (Lipinski definition) is 5. The third-order valence-electron chi connectivity index (χ3n) is 6.76. The molecule has 1 unspecified atom stereocenters. The number of pyridine rings is 1. The molecule has 2 atom stereocenters. The molecule has 0 bridgehead atoms. The largest absolute Gasteiger partial charge is 0.490 e. The summed E-state index contributed by atoms with van der Waals surface area (Å²) < 4.78 is 63.5. The predicted molar refractivity (Wildman–Crippen MR) is 144 cm³/mol. The summed E-state index contributed by atoms with van der Waals surface area (Å²) in [4.78, 5) is 50.0. The summed E-state index contributed by atoms with van der Waals surface area (Å²) in [6.07, 6.45) is -5.52. The second kappa shape index (κ2) is 15.4. The molecule has 2 aliphatic rings.